The SMILES string of the molecule is CC1(C)CC(CCCN)CC(C)(C)C1. The quantitative estimate of drug-likeness (QED) is 0.735. The van der Waals surface area contributed by atoms with E-state index in [1.165, 1.54) is 32.1 Å². The molecular formula is C13H27N. The third-order valence-electron chi connectivity index (χ3n) is 3.46. The topological polar surface area (TPSA) is 26.0 Å². The van der Waals surface area contributed by atoms with Crippen molar-refractivity contribution in [2.24, 2.45) is 22.5 Å². The van der Waals surface area contributed by atoms with Gasteiger partial charge in [0, 0.05) is 0 Å². The van der Waals surface area contributed by atoms with Crippen LogP contribution >= 0.6 is 0 Å². The highest BCUT2D eigenvalue weighted by Crippen LogP contribution is 2.49. The van der Waals surface area contributed by atoms with Gasteiger partial charge in [-0.15, -0.1) is 0 Å². The Balaban J connectivity index is 2.53. The van der Waals surface area contributed by atoms with Crippen LogP contribution in [0.25, 0.3) is 0 Å². The van der Waals surface area contributed by atoms with Gasteiger partial charge in [0.05, 0.1) is 0 Å². The smallest absolute Gasteiger partial charge is 0.00772 e. The fourth-order valence-corrected chi connectivity index (χ4v) is 3.69. The molecule has 1 saturated carbocycles. The second-order valence-corrected chi connectivity index (χ2v) is 6.71. The van der Waals surface area contributed by atoms with Crippen LogP contribution in [0.15, 0.2) is 0 Å². The molecule has 1 aliphatic rings. The van der Waals surface area contributed by atoms with Gasteiger partial charge in [0.2, 0.25) is 0 Å². The Morgan fingerprint density at radius 3 is 2.00 bits per heavy atom. The van der Waals surface area contributed by atoms with Gasteiger partial charge in [-0.25, -0.2) is 0 Å². The summed E-state index contributed by atoms with van der Waals surface area (Å²) in [5.74, 6) is 0.914. The van der Waals surface area contributed by atoms with Crippen LogP contribution in [0, 0.1) is 16.7 Å². The highest BCUT2D eigenvalue weighted by molar-refractivity contribution is 4.88. The van der Waals surface area contributed by atoms with Gasteiger partial charge in [-0.2, -0.15) is 0 Å². The molecule has 0 saturated heterocycles. The minimum atomic E-state index is 0.543. The molecule has 0 spiro atoms. The van der Waals surface area contributed by atoms with E-state index >= 15 is 0 Å². The molecule has 84 valence electrons. The molecule has 0 aliphatic heterocycles. The van der Waals surface area contributed by atoms with E-state index < -0.39 is 0 Å². The predicted molar refractivity (Wildman–Crippen MR) is 63.2 cm³/mol. The first-order chi connectivity index (χ1) is 6.35. The van der Waals surface area contributed by atoms with E-state index in [9.17, 15) is 0 Å². The number of nitrogens with two attached hydrogens (primary N) is 1. The zero-order valence-electron chi connectivity index (χ0n) is 10.4. The molecule has 0 aromatic carbocycles. The lowest BCUT2D eigenvalue weighted by atomic mass is 9.61. The number of rotatable bonds is 3. The minimum Gasteiger partial charge on any atom is -0.330 e. The lowest BCUT2D eigenvalue weighted by molar-refractivity contribution is 0.0633. The van der Waals surface area contributed by atoms with Crippen LogP contribution < -0.4 is 5.73 Å². The standard InChI is InChI=1S/C13H27N/c1-12(2)8-11(6-5-7-14)9-13(3,4)10-12/h11H,5-10,14H2,1-4H3. The van der Waals surface area contributed by atoms with Gasteiger partial charge >= 0.3 is 0 Å². The maximum atomic E-state index is 5.58. The average Bonchev–Trinajstić information content (AvgIpc) is 1.94. The summed E-state index contributed by atoms with van der Waals surface area (Å²) < 4.78 is 0. The summed E-state index contributed by atoms with van der Waals surface area (Å²) in [5.41, 5.74) is 6.67. The molecule has 0 radical (unpaired) electrons. The molecule has 0 unspecified atom stereocenters. The molecule has 0 aromatic rings. The van der Waals surface area contributed by atoms with Gasteiger partial charge < -0.3 is 5.73 Å². The highest BCUT2D eigenvalue weighted by Gasteiger charge is 2.37. The Labute approximate surface area is 89.5 Å². The van der Waals surface area contributed by atoms with Gasteiger partial charge in [-0.05, 0) is 55.4 Å². The normalized spacial score (nSPS) is 26.4. The Morgan fingerprint density at radius 1 is 1.07 bits per heavy atom. The molecule has 1 aliphatic carbocycles. The molecule has 0 heterocycles. The largest absolute Gasteiger partial charge is 0.330 e. The van der Waals surface area contributed by atoms with E-state index in [1.807, 2.05) is 0 Å². The summed E-state index contributed by atoms with van der Waals surface area (Å²) in [6.45, 7) is 10.5. The molecule has 2 N–H and O–H groups in total. The number of hydrogen-bond acceptors (Lipinski definition) is 1. The lowest BCUT2D eigenvalue weighted by Crippen LogP contribution is -2.34. The molecule has 0 bridgehead atoms. The van der Waals surface area contributed by atoms with Crippen molar-refractivity contribution in [1.29, 1.82) is 0 Å². The van der Waals surface area contributed by atoms with Gasteiger partial charge in [-0.3, -0.25) is 0 Å². The first-order valence-electron chi connectivity index (χ1n) is 6.05. The van der Waals surface area contributed by atoms with Crippen LogP contribution in [0.3, 0.4) is 0 Å². The Hall–Kier alpha value is -0.0400. The number of hydrogen-bond donors (Lipinski definition) is 1. The van der Waals surface area contributed by atoms with Crippen molar-refractivity contribution in [2.45, 2.75) is 59.8 Å². The van der Waals surface area contributed by atoms with Crippen LogP contribution in [-0.4, -0.2) is 6.54 Å². The van der Waals surface area contributed by atoms with E-state index in [-0.39, 0.29) is 0 Å². The summed E-state index contributed by atoms with van der Waals surface area (Å²) in [6.07, 6.45) is 6.71. The summed E-state index contributed by atoms with van der Waals surface area (Å²) in [6, 6.07) is 0. The summed E-state index contributed by atoms with van der Waals surface area (Å²) in [5, 5.41) is 0. The second kappa shape index (κ2) is 4.22. The zero-order chi connectivity index (χ0) is 10.8. The molecule has 0 atom stereocenters. The van der Waals surface area contributed by atoms with E-state index in [4.69, 9.17) is 5.73 Å². The maximum absolute atomic E-state index is 5.58. The zero-order valence-corrected chi connectivity index (χ0v) is 10.4. The van der Waals surface area contributed by atoms with Crippen molar-refractivity contribution in [3.63, 3.8) is 0 Å². The highest BCUT2D eigenvalue weighted by atomic mass is 14.5. The third-order valence-corrected chi connectivity index (χ3v) is 3.46. The summed E-state index contributed by atoms with van der Waals surface area (Å²) >= 11 is 0. The van der Waals surface area contributed by atoms with E-state index in [2.05, 4.69) is 27.7 Å². The van der Waals surface area contributed by atoms with Crippen molar-refractivity contribution in [3.8, 4) is 0 Å². The molecule has 1 fully saturated rings. The lowest BCUT2D eigenvalue weighted by Gasteiger charge is -2.45. The fourth-order valence-electron chi connectivity index (χ4n) is 3.69. The van der Waals surface area contributed by atoms with Gasteiger partial charge in [0.15, 0.2) is 0 Å². The molecular weight excluding hydrogens is 170 g/mol. The summed E-state index contributed by atoms with van der Waals surface area (Å²) in [7, 11) is 0. The Bertz CT molecular complexity index is 166. The van der Waals surface area contributed by atoms with Crippen LogP contribution in [0.5, 0.6) is 0 Å². The molecule has 0 amide bonds. The van der Waals surface area contributed by atoms with Crippen LogP contribution in [0.1, 0.15) is 59.8 Å². The minimum absolute atomic E-state index is 0.543. The molecule has 1 rings (SSSR count). The first kappa shape index (κ1) is 12.0. The Morgan fingerprint density at radius 2 is 1.57 bits per heavy atom. The third kappa shape index (κ3) is 3.61. The molecule has 14 heavy (non-hydrogen) atoms. The van der Waals surface area contributed by atoms with Crippen molar-refractivity contribution < 1.29 is 0 Å². The van der Waals surface area contributed by atoms with Crippen molar-refractivity contribution >= 4 is 0 Å². The van der Waals surface area contributed by atoms with Crippen molar-refractivity contribution in [1.82, 2.24) is 0 Å². The van der Waals surface area contributed by atoms with Gasteiger partial charge in [0.25, 0.3) is 0 Å². The second-order valence-electron chi connectivity index (χ2n) is 6.71. The average molecular weight is 197 g/mol. The monoisotopic (exact) mass is 197 g/mol. The van der Waals surface area contributed by atoms with Crippen LogP contribution in [0.4, 0.5) is 0 Å². The maximum Gasteiger partial charge on any atom is -0.00772 e. The molecule has 1 nitrogen and oxygen atoms in total. The first-order valence-corrected chi connectivity index (χ1v) is 6.05. The van der Waals surface area contributed by atoms with Crippen molar-refractivity contribution in [2.75, 3.05) is 6.54 Å². The van der Waals surface area contributed by atoms with Gasteiger partial charge in [-0.1, -0.05) is 27.7 Å². The van der Waals surface area contributed by atoms with E-state index in [0.29, 0.717) is 10.8 Å². The predicted octanol–water partition coefficient (Wildman–Crippen LogP) is 3.58. The Kier molecular flexibility index (Phi) is 3.63. The molecule has 0 aromatic heterocycles. The van der Waals surface area contributed by atoms with Crippen molar-refractivity contribution in [3.05, 3.63) is 0 Å². The van der Waals surface area contributed by atoms with E-state index in [0.717, 1.165) is 12.5 Å². The fraction of sp³-hybridized carbons (Fsp3) is 1.00. The molecule has 1 heteroatoms. The van der Waals surface area contributed by atoms with Gasteiger partial charge in [0.1, 0.15) is 0 Å². The van der Waals surface area contributed by atoms with Crippen LogP contribution in [-0.2, 0) is 0 Å². The van der Waals surface area contributed by atoms with Crippen LogP contribution in [0.2, 0.25) is 0 Å². The summed E-state index contributed by atoms with van der Waals surface area (Å²) in [4.78, 5) is 0. The van der Waals surface area contributed by atoms with E-state index in [1.54, 1.807) is 0 Å².